The van der Waals surface area contributed by atoms with Crippen molar-refractivity contribution >= 4 is 22.8 Å². The summed E-state index contributed by atoms with van der Waals surface area (Å²) in [6.45, 7) is 5.50. The van der Waals surface area contributed by atoms with Crippen molar-refractivity contribution in [2.24, 2.45) is 0 Å². The predicted octanol–water partition coefficient (Wildman–Crippen LogP) is 2.33. The van der Waals surface area contributed by atoms with Gasteiger partial charge in [0.05, 0.1) is 11.1 Å². The van der Waals surface area contributed by atoms with Crippen LogP contribution in [0.25, 0.3) is 0 Å². The molecule has 0 aliphatic carbocycles. The van der Waals surface area contributed by atoms with Crippen molar-refractivity contribution in [2.45, 2.75) is 32.2 Å². The second-order valence-electron chi connectivity index (χ2n) is 4.23. The number of anilines is 1. The molecule has 1 aliphatic rings. The Kier molecular flexibility index (Phi) is 2.31. The zero-order chi connectivity index (χ0) is 10.2. The van der Waals surface area contributed by atoms with E-state index >= 15 is 0 Å². The topological polar surface area (TPSA) is 33.2 Å². The van der Waals surface area contributed by atoms with Crippen molar-refractivity contribution in [1.82, 2.24) is 4.98 Å². The minimum absolute atomic E-state index is 0.192. The molecule has 1 aliphatic heterocycles. The summed E-state index contributed by atoms with van der Waals surface area (Å²) in [4.78, 5) is 17.8. The van der Waals surface area contributed by atoms with Crippen LogP contribution in [0, 0.1) is 0 Å². The second-order valence-corrected chi connectivity index (χ2v) is 5.27. The highest BCUT2D eigenvalue weighted by atomic mass is 32.1. The molecule has 4 heteroatoms. The molecule has 2 rings (SSSR count). The first-order valence-corrected chi connectivity index (χ1v) is 5.64. The Balaban J connectivity index is 2.26. The predicted molar refractivity (Wildman–Crippen MR) is 58.2 cm³/mol. The van der Waals surface area contributed by atoms with E-state index in [-0.39, 0.29) is 5.54 Å². The minimum atomic E-state index is 0.192. The highest BCUT2D eigenvalue weighted by Gasteiger charge is 2.33. The summed E-state index contributed by atoms with van der Waals surface area (Å²) < 4.78 is 0. The summed E-state index contributed by atoms with van der Waals surface area (Å²) >= 11 is 1.48. The van der Waals surface area contributed by atoms with Crippen molar-refractivity contribution < 1.29 is 4.79 Å². The molecular formula is C10H14N2OS. The van der Waals surface area contributed by atoms with Crippen LogP contribution in [0.5, 0.6) is 0 Å². The van der Waals surface area contributed by atoms with Crippen LogP contribution in [-0.4, -0.2) is 23.4 Å². The molecule has 76 valence electrons. The molecule has 0 unspecified atom stereocenters. The minimum Gasteiger partial charge on any atom is -0.343 e. The summed E-state index contributed by atoms with van der Waals surface area (Å²) in [7, 11) is 0. The fraction of sp³-hybridized carbons (Fsp3) is 0.600. The van der Waals surface area contributed by atoms with Crippen molar-refractivity contribution in [3.8, 4) is 0 Å². The van der Waals surface area contributed by atoms with Gasteiger partial charge in [0, 0.05) is 12.1 Å². The average Bonchev–Trinajstić information content (AvgIpc) is 2.70. The lowest BCUT2D eigenvalue weighted by Crippen LogP contribution is -2.37. The van der Waals surface area contributed by atoms with Crippen LogP contribution < -0.4 is 4.90 Å². The van der Waals surface area contributed by atoms with Gasteiger partial charge < -0.3 is 4.90 Å². The number of aldehydes is 1. The smallest absolute Gasteiger partial charge is 0.186 e. The van der Waals surface area contributed by atoms with Crippen LogP contribution >= 0.6 is 11.3 Å². The van der Waals surface area contributed by atoms with Gasteiger partial charge >= 0.3 is 0 Å². The third kappa shape index (κ3) is 1.54. The first-order chi connectivity index (χ1) is 6.63. The van der Waals surface area contributed by atoms with Crippen LogP contribution in [0.15, 0.2) is 6.20 Å². The van der Waals surface area contributed by atoms with Crippen LogP contribution in [-0.2, 0) is 0 Å². The van der Waals surface area contributed by atoms with Gasteiger partial charge in [-0.1, -0.05) is 11.3 Å². The Hall–Kier alpha value is -0.900. The molecule has 1 aromatic heterocycles. The van der Waals surface area contributed by atoms with E-state index in [2.05, 4.69) is 23.7 Å². The van der Waals surface area contributed by atoms with Gasteiger partial charge in [-0.2, -0.15) is 0 Å². The molecule has 0 N–H and O–H groups in total. The fourth-order valence-electron chi connectivity index (χ4n) is 1.92. The van der Waals surface area contributed by atoms with E-state index < -0.39 is 0 Å². The molecule has 0 saturated carbocycles. The largest absolute Gasteiger partial charge is 0.343 e. The van der Waals surface area contributed by atoms with Crippen molar-refractivity contribution in [3.05, 3.63) is 11.1 Å². The first-order valence-electron chi connectivity index (χ1n) is 4.82. The van der Waals surface area contributed by atoms with Gasteiger partial charge in [-0.15, -0.1) is 0 Å². The Morgan fingerprint density at radius 1 is 1.64 bits per heavy atom. The van der Waals surface area contributed by atoms with Gasteiger partial charge in [0.25, 0.3) is 0 Å². The maximum absolute atomic E-state index is 10.5. The number of hydrogen-bond donors (Lipinski definition) is 0. The molecule has 0 radical (unpaired) electrons. The maximum atomic E-state index is 10.5. The summed E-state index contributed by atoms with van der Waals surface area (Å²) in [5, 5.41) is 0.981. The summed E-state index contributed by atoms with van der Waals surface area (Å²) in [5.74, 6) is 0. The Labute approximate surface area is 87.8 Å². The van der Waals surface area contributed by atoms with Gasteiger partial charge in [-0.25, -0.2) is 4.98 Å². The normalized spacial score (nSPS) is 20.0. The number of thiazole rings is 1. The van der Waals surface area contributed by atoms with Crippen molar-refractivity contribution in [2.75, 3.05) is 11.4 Å². The molecule has 1 saturated heterocycles. The summed E-state index contributed by atoms with van der Waals surface area (Å²) in [5.41, 5.74) is 0.192. The summed E-state index contributed by atoms with van der Waals surface area (Å²) in [6.07, 6.45) is 4.93. The lowest BCUT2D eigenvalue weighted by molar-refractivity contribution is 0.112. The van der Waals surface area contributed by atoms with Crippen LogP contribution in [0.2, 0.25) is 0 Å². The third-order valence-electron chi connectivity index (χ3n) is 2.76. The van der Waals surface area contributed by atoms with E-state index in [1.807, 2.05) is 0 Å². The van der Waals surface area contributed by atoms with Crippen molar-refractivity contribution in [1.29, 1.82) is 0 Å². The molecular weight excluding hydrogens is 196 g/mol. The number of carbonyl (C=O) groups is 1. The zero-order valence-corrected chi connectivity index (χ0v) is 9.30. The molecule has 1 aromatic rings. The molecule has 2 heterocycles. The SMILES string of the molecule is CC1(C)CCCN1c1ncc(C=O)s1. The standard InChI is InChI=1S/C10H14N2OS/c1-10(2)4-3-5-12(10)9-11-6-8(7-13)14-9/h6-7H,3-5H2,1-2H3. The first kappa shape index (κ1) is 9.65. The molecule has 0 atom stereocenters. The van der Waals surface area contributed by atoms with Gasteiger partial charge in [-0.05, 0) is 26.7 Å². The lowest BCUT2D eigenvalue weighted by Gasteiger charge is -2.31. The highest BCUT2D eigenvalue weighted by Crippen LogP contribution is 2.35. The van der Waals surface area contributed by atoms with Gasteiger partial charge in [0.2, 0.25) is 0 Å². The molecule has 0 bridgehead atoms. The zero-order valence-electron chi connectivity index (χ0n) is 8.49. The van der Waals surface area contributed by atoms with Crippen LogP contribution in [0.3, 0.4) is 0 Å². The molecule has 1 fully saturated rings. The number of nitrogens with zero attached hydrogens (tertiary/aromatic N) is 2. The molecule has 14 heavy (non-hydrogen) atoms. The molecule has 0 spiro atoms. The number of aromatic nitrogens is 1. The fourth-order valence-corrected chi connectivity index (χ4v) is 2.84. The van der Waals surface area contributed by atoms with Crippen molar-refractivity contribution in [3.63, 3.8) is 0 Å². The Morgan fingerprint density at radius 3 is 2.93 bits per heavy atom. The number of rotatable bonds is 2. The Morgan fingerprint density at radius 2 is 2.43 bits per heavy atom. The third-order valence-corrected chi connectivity index (χ3v) is 3.71. The van der Waals surface area contributed by atoms with Crippen LogP contribution in [0.4, 0.5) is 5.13 Å². The quantitative estimate of drug-likeness (QED) is 0.702. The van der Waals surface area contributed by atoms with Gasteiger partial charge in [0.1, 0.15) is 0 Å². The molecule has 0 amide bonds. The van der Waals surface area contributed by atoms with E-state index in [1.165, 1.54) is 24.2 Å². The highest BCUT2D eigenvalue weighted by molar-refractivity contribution is 7.17. The second kappa shape index (κ2) is 3.35. The van der Waals surface area contributed by atoms with E-state index in [4.69, 9.17) is 0 Å². The molecule has 3 nitrogen and oxygen atoms in total. The number of carbonyl (C=O) groups excluding carboxylic acids is 1. The number of hydrogen-bond acceptors (Lipinski definition) is 4. The van der Waals surface area contributed by atoms with Crippen LogP contribution in [0.1, 0.15) is 36.4 Å². The monoisotopic (exact) mass is 210 g/mol. The van der Waals surface area contributed by atoms with E-state index in [0.29, 0.717) is 4.88 Å². The average molecular weight is 210 g/mol. The lowest BCUT2D eigenvalue weighted by atomic mass is 10.0. The Bertz CT molecular complexity index is 346. The van der Waals surface area contributed by atoms with Gasteiger partial charge in [0.15, 0.2) is 11.4 Å². The van der Waals surface area contributed by atoms with E-state index in [9.17, 15) is 4.79 Å². The van der Waals surface area contributed by atoms with E-state index in [1.54, 1.807) is 6.20 Å². The summed E-state index contributed by atoms with van der Waals surface area (Å²) in [6, 6.07) is 0. The maximum Gasteiger partial charge on any atom is 0.186 e. The molecule has 0 aromatic carbocycles. The van der Waals surface area contributed by atoms with Gasteiger partial charge in [-0.3, -0.25) is 4.79 Å². The van der Waals surface area contributed by atoms with E-state index in [0.717, 1.165) is 18.0 Å².